The Labute approximate surface area is 106 Å². The summed E-state index contributed by atoms with van der Waals surface area (Å²) in [7, 11) is 0. The Bertz CT molecular complexity index is 250. The van der Waals surface area contributed by atoms with Gasteiger partial charge in [-0.25, -0.2) is 0 Å². The highest BCUT2D eigenvalue weighted by atomic mass is 15.2. The van der Waals surface area contributed by atoms with Crippen molar-refractivity contribution in [1.29, 1.82) is 0 Å². The van der Waals surface area contributed by atoms with Crippen molar-refractivity contribution in [2.75, 3.05) is 19.6 Å². The zero-order chi connectivity index (χ0) is 11.7. The Morgan fingerprint density at radius 3 is 2.35 bits per heavy atom. The van der Waals surface area contributed by atoms with Crippen LogP contribution in [0.25, 0.3) is 0 Å². The molecule has 3 aliphatic rings. The first-order valence-corrected chi connectivity index (χ1v) is 7.79. The van der Waals surface area contributed by atoms with E-state index in [1.54, 1.807) is 0 Å². The van der Waals surface area contributed by atoms with E-state index in [1.807, 2.05) is 0 Å². The molecule has 17 heavy (non-hydrogen) atoms. The number of rotatable bonds is 7. The molecule has 2 heteroatoms. The van der Waals surface area contributed by atoms with Crippen molar-refractivity contribution in [2.45, 2.75) is 70.4 Å². The second kappa shape index (κ2) is 4.89. The smallest absolute Gasteiger partial charge is 0.00965 e. The topological polar surface area (TPSA) is 15.3 Å². The summed E-state index contributed by atoms with van der Waals surface area (Å²) < 4.78 is 0. The van der Waals surface area contributed by atoms with Crippen LogP contribution in [-0.4, -0.2) is 36.6 Å². The summed E-state index contributed by atoms with van der Waals surface area (Å²) in [4.78, 5) is 2.76. The third-order valence-electron chi connectivity index (χ3n) is 5.02. The van der Waals surface area contributed by atoms with Crippen LogP contribution in [0.15, 0.2) is 0 Å². The molecule has 1 N–H and O–H groups in total. The zero-order valence-electron chi connectivity index (χ0n) is 11.4. The molecule has 0 saturated heterocycles. The molecule has 0 aromatic carbocycles. The maximum absolute atomic E-state index is 3.80. The quantitative estimate of drug-likeness (QED) is 0.731. The van der Waals surface area contributed by atoms with Gasteiger partial charge in [-0.05, 0) is 50.5 Å². The van der Waals surface area contributed by atoms with Crippen LogP contribution in [0.5, 0.6) is 0 Å². The predicted octanol–water partition coefficient (Wildman–Crippen LogP) is 2.78. The molecule has 0 bridgehead atoms. The Balaban J connectivity index is 1.56. The minimum Gasteiger partial charge on any atom is -0.313 e. The van der Waals surface area contributed by atoms with E-state index in [2.05, 4.69) is 17.1 Å². The number of nitrogens with one attached hydrogen (secondary N) is 1. The van der Waals surface area contributed by atoms with Crippen LogP contribution < -0.4 is 5.32 Å². The minimum atomic E-state index is 0.626. The van der Waals surface area contributed by atoms with Crippen LogP contribution >= 0.6 is 0 Å². The highest BCUT2D eigenvalue weighted by Gasteiger charge is 2.39. The normalized spacial score (nSPS) is 27.9. The van der Waals surface area contributed by atoms with Gasteiger partial charge in [0.1, 0.15) is 0 Å². The van der Waals surface area contributed by atoms with Gasteiger partial charge >= 0.3 is 0 Å². The van der Waals surface area contributed by atoms with Crippen molar-refractivity contribution in [3.05, 3.63) is 0 Å². The molecule has 3 rings (SSSR count). The monoisotopic (exact) mass is 236 g/mol. The molecule has 3 aliphatic carbocycles. The summed E-state index contributed by atoms with van der Waals surface area (Å²) in [6.45, 7) is 6.26. The fourth-order valence-corrected chi connectivity index (χ4v) is 3.53. The van der Waals surface area contributed by atoms with Crippen LogP contribution in [0.4, 0.5) is 0 Å². The van der Waals surface area contributed by atoms with Gasteiger partial charge in [0.15, 0.2) is 0 Å². The molecular weight excluding hydrogens is 208 g/mol. The van der Waals surface area contributed by atoms with Gasteiger partial charge in [0, 0.05) is 25.2 Å². The van der Waals surface area contributed by atoms with Gasteiger partial charge in [0.25, 0.3) is 0 Å². The Hall–Kier alpha value is -0.0800. The van der Waals surface area contributed by atoms with Gasteiger partial charge < -0.3 is 10.2 Å². The molecule has 0 amide bonds. The largest absolute Gasteiger partial charge is 0.313 e. The SMILES string of the molecule is CCN(CC1(CNC2CC2)CCCC1)C1CC1. The lowest BCUT2D eigenvalue weighted by atomic mass is 9.85. The summed E-state index contributed by atoms with van der Waals surface area (Å²) in [6.07, 6.45) is 11.6. The van der Waals surface area contributed by atoms with E-state index >= 15 is 0 Å². The number of hydrogen-bond donors (Lipinski definition) is 1. The fourth-order valence-electron chi connectivity index (χ4n) is 3.53. The van der Waals surface area contributed by atoms with Gasteiger partial charge in [0.2, 0.25) is 0 Å². The summed E-state index contributed by atoms with van der Waals surface area (Å²) in [5, 5.41) is 3.80. The van der Waals surface area contributed by atoms with Gasteiger partial charge in [-0.3, -0.25) is 0 Å². The lowest BCUT2D eigenvalue weighted by Gasteiger charge is -2.35. The molecule has 0 aromatic heterocycles. The predicted molar refractivity (Wildman–Crippen MR) is 72.2 cm³/mol. The third-order valence-corrected chi connectivity index (χ3v) is 5.02. The Morgan fingerprint density at radius 2 is 1.82 bits per heavy atom. The maximum Gasteiger partial charge on any atom is 0.00965 e. The van der Waals surface area contributed by atoms with Crippen molar-refractivity contribution in [1.82, 2.24) is 10.2 Å². The minimum absolute atomic E-state index is 0.626. The highest BCUT2D eigenvalue weighted by Crippen LogP contribution is 2.41. The number of nitrogens with zero attached hydrogens (tertiary/aromatic N) is 1. The van der Waals surface area contributed by atoms with Crippen molar-refractivity contribution in [2.24, 2.45) is 5.41 Å². The molecule has 3 fully saturated rings. The van der Waals surface area contributed by atoms with Crippen molar-refractivity contribution in [3.63, 3.8) is 0 Å². The summed E-state index contributed by atoms with van der Waals surface area (Å²) in [6, 6.07) is 1.82. The van der Waals surface area contributed by atoms with E-state index in [9.17, 15) is 0 Å². The molecule has 0 aliphatic heterocycles. The van der Waals surface area contributed by atoms with E-state index in [0.717, 1.165) is 12.1 Å². The van der Waals surface area contributed by atoms with E-state index in [-0.39, 0.29) is 0 Å². The first kappa shape index (κ1) is 12.0. The molecule has 0 aromatic rings. The second-order valence-electron chi connectivity index (χ2n) is 6.66. The molecule has 0 atom stereocenters. The Morgan fingerprint density at radius 1 is 1.12 bits per heavy atom. The first-order valence-electron chi connectivity index (χ1n) is 7.79. The van der Waals surface area contributed by atoms with Crippen LogP contribution in [0, 0.1) is 5.41 Å². The van der Waals surface area contributed by atoms with Crippen LogP contribution in [0.1, 0.15) is 58.3 Å². The molecule has 0 radical (unpaired) electrons. The van der Waals surface area contributed by atoms with Crippen LogP contribution in [0.3, 0.4) is 0 Å². The lowest BCUT2D eigenvalue weighted by Crippen LogP contribution is -2.44. The lowest BCUT2D eigenvalue weighted by molar-refractivity contribution is 0.147. The third kappa shape index (κ3) is 3.03. The van der Waals surface area contributed by atoms with E-state index in [1.165, 1.54) is 71.0 Å². The van der Waals surface area contributed by atoms with Gasteiger partial charge in [-0.2, -0.15) is 0 Å². The average molecular weight is 236 g/mol. The van der Waals surface area contributed by atoms with E-state index in [0.29, 0.717) is 5.41 Å². The van der Waals surface area contributed by atoms with Gasteiger partial charge in [0.05, 0.1) is 0 Å². The highest BCUT2D eigenvalue weighted by molar-refractivity contribution is 4.95. The number of hydrogen-bond acceptors (Lipinski definition) is 2. The molecule has 2 nitrogen and oxygen atoms in total. The molecule has 0 spiro atoms. The van der Waals surface area contributed by atoms with Crippen molar-refractivity contribution < 1.29 is 0 Å². The zero-order valence-corrected chi connectivity index (χ0v) is 11.4. The van der Waals surface area contributed by atoms with Crippen molar-refractivity contribution in [3.8, 4) is 0 Å². The van der Waals surface area contributed by atoms with Gasteiger partial charge in [-0.15, -0.1) is 0 Å². The molecule has 98 valence electrons. The molecular formula is C15H28N2. The molecule has 0 heterocycles. The second-order valence-corrected chi connectivity index (χ2v) is 6.66. The average Bonchev–Trinajstić information content (AvgIpc) is 3.25. The first-order chi connectivity index (χ1) is 8.31. The maximum atomic E-state index is 3.80. The van der Waals surface area contributed by atoms with E-state index in [4.69, 9.17) is 0 Å². The molecule has 0 unspecified atom stereocenters. The summed E-state index contributed by atoms with van der Waals surface area (Å²) in [5.41, 5.74) is 0.626. The molecule has 3 saturated carbocycles. The standard InChI is InChI=1S/C15H28N2/c1-2-17(14-7-8-14)12-15(9-3-4-10-15)11-16-13-5-6-13/h13-14,16H,2-12H2,1H3. The van der Waals surface area contributed by atoms with Crippen molar-refractivity contribution >= 4 is 0 Å². The Kier molecular flexibility index (Phi) is 3.45. The van der Waals surface area contributed by atoms with E-state index < -0.39 is 0 Å². The van der Waals surface area contributed by atoms with Crippen LogP contribution in [0.2, 0.25) is 0 Å². The summed E-state index contributed by atoms with van der Waals surface area (Å²) in [5.74, 6) is 0. The van der Waals surface area contributed by atoms with Crippen LogP contribution in [-0.2, 0) is 0 Å². The van der Waals surface area contributed by atoms with Gasteiger partial charge in [-0.1, -0.05) is 19.8 Å². The fraction of sp³-hybridized carbons (Fsp3) is 1.00. The summed E-state index contributed by atoms with van der Waals surface area (Å²) >= 11 is 0.